The summed E-state index contributed by atoms with van der Waals surface area (Å²) in [6.45, 7) is 5.41. The molecule has 84 valence electrons. The molecule has 1 rings (SSSR count). The van der Waals surface area contributed by atoms with Gasteiger partial charge in [0.1, 0.15) is 11.5 Å². The highest BCUT2D eigenvalue weighted by atomic mass is 16.5. The van der Waals surface area contributed by atoms with Gasteiger partial charge < -0.3 is 9.15 Å². The normalized spacial score (nSPS) is 10.3. The molecular formula is C12H18O3. The quantitative estimate of drug-likeness (QED) is 0.553. The van der Waals surface area contributed by atoms with Crippen molar-refractivity contribution < 1.29 is 13.9 Å². The number of rotatable bonds is 5. The summed E-state index contributed by atoms with van der Waals surface area (Å²) < 4.78 is 10.5. The highest BCUT2D eigenvalue weighted by Gasteiger charge is 2.11. The number of hydrogen-bond acceptors (Lipinski definition) is 3. The van der Waals surface area contributed by atoms with Crippen molar-refractivity contribution in [1.29, 1.82) is 0 Å². The van der Waals surface area contributed by atoms with Gasteiger partial charge in [-0.05, 0) is 13.3 Å². The Morgan fingerprint density at radius 3 is 2.80 bits per heavy atom. The van der Waals surface area contributed by atoms with Crippen LogP contribution in [0.15, 0.2) is 10.5 Å². The summed E-state index contributed by atoms with van der Waals surface area (Å²) in [4.78, 5) is 10.8. The van der Waals surface area contributed by atoms with Crippen LogP contribution >= 0.6 is 0 Å². The van der Waals surface area contributed by atoms with Gasteiger partial charge in [0.05, 0.1) is 0 Å². The zero-order chi connectivity index (χ0) is 11.3. The average Bonchev–Trinajstić information content (AvgIpc) is 2.46. The van der Waals surface area contributed by atoms with Crippen LogP contribution in [0.2, 0.25) is 0 Å². The molecular weight excluding hydrogens is 192 g/mol. The Labute approximate surface area is 90.4 Å². The lowest BCUT2D eigenvalue weighted by Crippen LogP contribution is -2.02. The van der Waals surface area contributed by atoms with Crippen LogP contribution in [-0.4, -0.2) is 5.97 Å². The van der Waals surface area contributed by atoms with Crippen molar-refractivity contribution >= 4 is 5.97 Å². The Balaban J connectivity index is 2.63. The standard InChI is InChI=1S/C12H18O3/c1-4-5-6-7-11-12(15-10(3)13)8-9(2)14-11/h8H,4-7H2,1-3H3. The molecule has 0 aromatic carbocycles. The maximum atomic E-state index is 10.8. The minimum atomic E-state index is -0.299. The van der Waals surface area contributed by atoms with E-state index in [0.29, 0.717) is 5.75 Å². The summed E-state index contributed by atoms with van der Waals surface area (Å²) in [6, 6.07) is 1.77. The van der Waals surface area contributed by atoms with Gasteiger partial charge in [0.25, 0.3) is 0 Å². The molecule has 0 unspecified atom stereocenters. The first-order valence-electron chi connectivity index (χ1n) is 5.41. The number of ether oxygens (including phenoxy) is 1. The van der Waals surface area contributed by atoms with Crippen LogP contribution in [-0.2, 0) is 11.2 Å². The molecule has 0 saturated heterocycles. The molecule has 0 N–H and O–H groups in total. The Kier molecular flexibility index (Phi) is 4.40. The number of esters is 1. The molecule has 0 amide bonds. The van der Waals surface area contributed by atoms with Gasteiger partial charge in [-0.25, -0.2) is 0 Å². The van der Waals surface area contributed by atoms with Gasteiger partial charge in [-0.2, -0.15) is 0 Å². The second-order valence-corrected chi connectivity index (χ2v) is 3.70. The Bertz CT molecular complexity index is 326. The maximum absolute atomic E-state index is 10.8. The predicted molar refractivity (Wildman–Crippen MR) is 58.0 cm³/mol. The van der Waals surface area contributed by atoms with Gasteiger partial charge >= 0.3 is 5.97 Å². The van der Waals surface area contributed by atoms with Gasteiger partial charge in [0, 0.05) is 19.4 Å². The predicted octanol–water partition coefficient (Wildman–Crippen LogP) is 3.25. The average molecular weight is 210 g/mol. The molecule has 15 heavy (non-hydrogen) atoms. The molecule has 0 bridgehead atoms. The van der Waals surface area contributed by atoms with E-state index in [1.54, 1.807) is 6.07 Å². The molecule has 0 spiro atoms. The van der Waals surface area contributed by atoms with E-state index >= 15 is 0 Å². The Morgan fingerprint density at radius 2 is 2.20 bits per heavy atom. The lowest BCUT2D eigenvalue weighted by Gasteiger charge is -2.01. The van der Waals surface area contributed by atoms with E-state index in [2.05, 4.69) is 6.92 Å². The molecule has 0 saturated carbocycles. The van der Waals surface area contributed by atoms with Gasteiger partial charge in [0.15, 0.2) is 5.75 Å². The first-order chi connectivity index (χ1) is 7.13. The van der Waals surface area contributed by atoms with Crippen LogP contribution in [0.25, 0.3) is 0 Å². The summed E-state index contributed by atoms with van der Waals surface area (Å²) in [5, 5.41) is 0. The largest absolute Gasteiger partial charge is 0.462 e. The third kappa shape index (κ3) is 3.78. The molecule has 0 aliphatic rings. The maximum Gasteiger partial charge on any atom is 0.308 e. The van der Waals surface area contributed by atoms with Crippen LogP contribution in [0, 0.1) is 6.92 Å². The lowest BCUT2D eigenvalue weighted by atomic mass is 10.2. The van der Waals surface area contributed by atoms with E-state index in [0.717, 1.165) is 24.4 Å². The Morgan fingerprint density at radius 1 is 1.47 bits per heavy atom. The van der Waals surface area contributed by atoms with Crippen LogP contribution in [0.5, 0.6) is 5.75 Å². The summed E-state index contributed by atoms with van der Waals surface area (Å²) in [5.74, 6) is 1.86. The summed E-state index contributed by atoms with van der Waals surface area (Å²) in [6.07, 6.45) is 4.24. The van der Waals surface area contributed by atoms with Crippen LogP contribution in [0.3, 0.4) is 0 Å². The molecule has 3 nitrogen and oxygen atoms in total. The van der Waals surface area contributed by atoms with E-state index in [4.69, 9.17) is 9.15 Å². The Hall–Kier alpha value is -1.25. The fraction of sp³-hybridized carbons (Fsp3) is 0.583. The molecule has 0 aliphatic heterocycles. The number of unbranched alkanes of at least 4 members (excludes halogenated alkanes) is 2. The van der Waals surface area contributed by atoms with Crippen molar-refractivity contribution in [2.75, 3.05) is 0 Å². The van der Waals surface area contributed by atoms with Gasteiger partial charge in [-0.3, -0.25) is 4.79 Å². The summed E-state index contributed by atoms with van der Waals surface area (Å²) in [5.41, 5.74) is 0. The van der Waals surface area contributed by atoms with Crippen molar-refractivity contribution in [3.05, 3.63) is 17.6 Å². The van der Waals surface area contributed by atoms with E-state index < -0.39 is 0 Å². The fourth-order valence-electron chi connectivity index (χ4n) is 1.49. The molecule has 3 heteroatoms. The number of aryl methyl sites for hydroxylation is 2. The molecule has 0 atom stereocenters. The molecule has 1 aromatic rings. The van der Waals surface area contributed by atoms with Crippen LogP contribution in [0.1, 0.15) is 44.6 Å². The monoisotopic (exact) mass is 210 g/mol. The number of carbonyl (C=O) groups is 1. The third-order valence-electron chi connectivity index (χ3n) is 2.15. The smallest absolute Gasteiger partial charge is 0.308 e. The number of furan rings is 1. The summed E-state index contributed by atoms with van der Waals surface area (Å²) in [7, 11) is 0. The van der Waals surface area contributed by atoms with Crippen molar-refractivity contribution in [1.82, 2.24) is 0 Å². The van der Waals surface area contributed by atoms with Crippen LogP contribution in [0.4, 0.5) is 0 Å². The van der Waals surface area contributed by atoms with E-state index in [1.165, 1.54) is 19.8 Å². The first kappa shape index (κ1) is 11.8. The van der Waals surface area contributed by atoms with Gasteiger partial charge in [-0.1, -0.05) is 19.8 Å². The van der Waals surface area contributed by atoms with Crippen LogP contribution < -0.4 is 4.74 Å². The molecule has 1 aromatic heterocycles. The topological polar surface area (TPSA) is 39.4 Å². The van der Waals surface area contributed by atoms with Crippen molar-refractivity contribution in [2.45, 2.75) is 46.5 Å². The van der Waals surface area contributed by atoms with Crippen molar-refractivity contribution in [3.8, 4) is 5.75 Å². The summed E-state index contributed by atoms with van der Waals surface area (Å²) >= 11 is 0. The lowest BCUT2D eigenvalue weighted by molar-refractivity contribution is -0.132. The van der Waals surface area contributed by atoms with Crippen molar-refractivity contribution in [2.24, 2.45) is 0 Å². The zero-order valence-corrected chi connectivity index (χ0v) is 9.63. The second kappa shape index (κ2) is 5.59. The molecule has 0 aliphatic carbocycles. The second-order valence-electron chi connectivity index (χ2n) is 3.70. The molecule has 0 radical (unpaired) electrons. The van der Waals surface area contributed by atoms with Gasteiger partial charge in [0.2, 0.25) is 0 Å². The highest BCUT2D eigenvalue weighted by Crippen LogP contribution is 2.25. The highest BCUT2D eigenvalue weighted by molar-refractivity contribution is 5.69. The fourth-order valence-corrected chi connectivity index (χ4v) is 1.49. The van der Waals surface area contributed by atoms with E-state index in [9.17, 15) is 4.79 Å². The molecule has 1 heterocycles. The van der Waals surface area contributed by atoms with E-state index in [1.807, 2.05) is 6.92 Å². The number of carbonyl (C=O) groups excluding carboxylic acids is 1. The first-order valence-corrected chi connectivity index (χ1v) is 5.41. The SMILES string of the molecule is CCCCCc1oc(C)cc1OC(C)=O. The molecule has 0 fully saturated rings. The van der Waals surface area contributed by atoms with Crippen molar-refractivity contribution in [3.63, 3.8) is 0 Å². The number of hydrogen-bond donors (Lipinski definition) is 0. The van der Waals surface area contributed by atoms with Gasteiger partial charge in [-0.15, -0.1) is 0 Å². The van der Waals surface area contributed by atoms with E-state index in [-0.39, 0.29) is 5.97 Å². The minimum absolute atomic E-state index is 0.299. The third-order valence-corrected chi connectivity index (χ3v) is 2.15. The minimum Gasteiger partial charge on any atom is -0.462 e. The zero-order valence-electron chi connectivity index (χ0n) is 9.63.